The second-order valence-corrected chi connectivity index (χ2v) is 4.96. The van der Waals surface area contributed by atoms with E-state index in [1.165, 1.54) is 18.4 Å². The van der Waals surface area contributed by atoms with Gasteiger partial charge in [-0.15, -0.1) is 0 Å². The monoisotopic (exact) mass is 200 g/mol. The molecule has 78 valence electrons. The van der Waals surface area contributed by atoms with Crippen LogP contribution in [0.4, 0.5) is 0 Å². The van der Waals surface area contributed by atoms with Gasteiger partial charge in [-0.3, -0.25) is 0 Å². The Morgan fingerprint density at radius 3 is 2.87 bits per heavy atom. The van der Waals surface area contributed by atoms with Gasteiger partial charge in [0.15, 0.2) is 0 Å². The van der Waals surface area contributed by atoms with Crippen LogP contribution in [0.5, 0.6) is 0 Å². The van der Waals surface area contributed by atoms with Crippen molar-refractivity contribution in [3.05, 3.63) is 35.9 Å². The third kappa shape index (κ3) is 1.36. The summed E-state index contributed by atoms with van der Waals surface area (Å²) < 4.78 is 0. The molecule has 3 atom stereocenters. The lowest BCUT2D eigenvalue weighted by atomic mass is 9.92. The third-order valence-electron chi connectivity index (χ3n) is 3.87. The standard InChI is InChI=1S/C13H16N2/c1-13-8-11(7-12(13)9-14-15-13)10-5-3-2-4-6-10/h2-6,9,11-12,15H,7-8H2,1H3/t11-,12-,13-/m1/s1. The van der Waals surface area contributed by atoms with Gasteiger partial charge in [-0.25, -0.2) is 0 Å². The zero-order chi connectivity index (χ0) is 10.3. The number of benzene rings is 1. The highest BCUT2D eigenvalue weighted by atomic mass is 15.4. The van der Waals surface area contributed by atoms with Crippen molar-refractivity contribution < 1.29 is 0 Å². The first-order valence-electron chi connectivity index (χ1n) is 5.63. The molecule has 2 aliphatic rings. The number of nitrogens with zero attached hydrogens (tertiary/aromatic N) is 1. The van der Waals surface area contributed by atoms with E-state index in [0.29, 0.717) is 11.8 Å². The molecule has 1 N–H and O–H groups in total. The third-order valence-corrected chi connectivity index (χ3v) is 3.87. The Morgan fingerprint density at radius 1 is 1.33 bits per heavy atom. The maximum Gasteiger partial charge on any atom is 0.0604 e. The number of rotatable bonds is 1. The molecule has 2 nitrogen and oxygen atoms in total. The molecule has 0 saturated heterocycles. The summed E-state index contributed by atoms with van der Waals surface area (Å²) in [5, 5.41) is 4.19. The van der Waals surface area contributed by atoms with Crippen LogP contribution in [0.1, 0.15) is 31.2 Å². The Hall–Kier alpha value is -1.31. The summed E-state index contributed by atoms with van der Waals surface area (Å²) in [7, 11) is 0. The van der Waals surface area contributed by atoms with E-state index in [-0.39, 0.29) is 5.54 Å². The molecule has 2 heteroatoms. The van der Waals surface area contributed by atoms with E-state index in [2.05, 4.69) is 54.0 Å². The van der Waals surface area contributed by atoms with E-state index < -0.39 is 0 Å². The average Bonchev–Trinajstić information content (AvgIpc) is 2.74. The summed E-state index contributed by atoms with van der Waals surface area (Å²) >= 11 is 0. The van der Waals surface area contributed by atoms with Gasteiger partial charge in [0.1, 0.15) is 0 Å². The topological polar surface area (TPSA) is 24.4 Å². The Balaban J connectivity index is 1.85. The lowest BCUT2D eigenvalue weighted by molar-refractivity contribution is 0.361. The molecule has 3 rings (SSSR count). The minimum Gasteiger partial charge on any atom is -0.304 e. The molecule has 0 aromatic heterocycles. The van der Waals surface area contributed by atoms with Gasteiger partial charge in [0, 0.05) is 12.1 Å². The Labute approximate surface area is 90.4 Å². The first kappa shape index (κ1) is 8.96. The van der Waals surface area contributed by atoms with Crippen LogP contribution in [0.2, 0.25) is 0 Å². The highest BCUT2D eigenvalue weighted by molar-refractivity contribution is 5.66. The van der Waals surface area contributed by atoms with Crippen molar-refractivity contribution in [1.29, 1.82) is 0 Å². The first-order chi connectivity index (χ1) is 7.28. The lowest BCUT2D eigenvalue weighted by Crippen LogP contribution is -2.37. The summed E-state index contributed by atoms with van der Waals surface area (Å²) in [4.78, 5) is 0. The summed E-state index contributed by atoms with van der Waals surface area (Å²) in [5.74, 6) is 1.31. The van der Waals surface area contributed by atoms with E-state index in [4.69, 9.17) is 0 Å². The zero-order valence-electron chi connectivity index (χ0n) is 8.98. The van der Waals surface area contributed by atoms with Crippen LogP contribution in [0.15, 0.2) is 35.4 Å². The van der Waals surface area contributed by atoms with Crippen LogP contribution in [0.3, 0.4) is 0 Å². The molecule has 0 spiro atoms. The van der Waals surface area contributed by atoms with Gasteiger partial charge in [-0.2, -0.15) is 5.10 Å². The van der Waals surface area contributed by atoms with Crippen molar-refractivity contribution in [3.8, 4) is 0 Å². The summed E-state index contributed by atoms with van der Waals surface area (Å²) in [6.07, 6.45) is 4.52. The summed E-state index contributed by atoms with van der Waals surface area (Å²) in [5.41, 5.74) is 4.95. The number of hydrogen-bond donors (Lipinski definition) is 1. The van der Waals surface area contributed by atoms with Crippen LogP contribution in [0.25, 0.3) is 0 Å². The number of hydrazone groups is 1. The van der Waals surface area contributed by atoms with Gasteiger partial charge in [-0.1, -0.05) is 30.3 Å². The molecule has 1 saturated carbocycles. The fourth-order valence-electron chi connectivity index (χ4n) is 2.92. The minimum absolute atomic E-state index is 0.209. The van der Waals surface area contributed by atoms with Crippen molar-refractivity contribution in [3.63, 3.8) is 0 Å². The van der Waals surface area contributed by atoms with Gasteiger partial charge in [0.25, 0.3) is 0 Å². The van der Waals surface area contributed by atoms with E-state index >= 15 is 0 Å². The highest BCUT2D eigenvalue weighted by Crippen LogP contribution is 2.45. The molecule has 1 aromatic carbocycles. The fraction of sp³-hybridized carbons (Fsp3) is 0.462. The molecule has 0 bridgehead atoms. The van der Waals surface area contributed by atoms with Crippen molar-refractivity contribution in [2.24, 2.45) is 11.0 Å². The number of nitrogens with one attached hydrogen (secondary N) is 1. The smallest absolute Gasteiger partial charge is 0.0604 e. The summed E-state index contributed by atoms with van der Waals surface area (Å²) in [6, 6.07) is 10.8. The molecular weight excluding hydrogens is 184 g/mol. The number of fused-ring (bicyclic) bond motifs is 1. The van der Waals surface area contributed by atoms with Gasteiger partial charge in [0.05, 0.1) is 5.54 Å². The Kier molecular flexibility index (Phi) is 1.84. The van der Waals surface area contributed by atoms with Crippen molar-refractivity contribution in [1.82, 2.24) is 5.43 Å². The molecular formula is C13H16N2. The van der Waals surface area contributed by atoms with E-state index in [1.807, 2.05) is 0 Å². The Morgan fingerprint density at radius 2 is 2.13 bits per heavy atom. The first-order valence-corrected chi connectivity index (χ1v) is 5.63. The highest BCUT2D eigenvalue weighted by Gasteiger charge is 2.45. The predicted molar refractivity (Wildman–Crippen MR) is 61.9 cm³/mol. The largest absolute Gasteiger partial charge is 0.304 e. The van der Waals surface area contributed by atoms with Gasteiger partial charge < -0.3 is 5.43 Å². The van der Waals surface area contributed by atoms with Crippen LogP contribution >= 0.6 is 0 Å². The second-order valence-electron chi connectivity index (χ2n) is 4.96. The van der Waals surface area contributed by atoms with Crippen LogP contribution in [-0.2, 0) is 0 Å². The molecule has 1 aromatic rings. The van der Waals surface area contributed by atoms with Gasteiger partial charge in [-0.05, 0) is 31.2 Å². The van der Waals surface area contributed by atoms with Crippen LogP contribution < -0.4 is 5.43 Å². The maximum atomic E-state index is 4.19. The van der Waals surface area contributed by atoms with Crippen LogP contribution in [-0.4, -0.2) is 11.8 Å². The van der Waals surface area contributed by atoms with E-state index in [9.17, 15) is 0 Å². The van der Waals surface area contributed by atoms with Crippen molar-refractivity contribution in [2.45, 2.75) is 31.2 Å². The molecule has 1 aliphatic heterocycles. The lowest BCUT2D eigenvalue weighted by Gasteiger charge is -2.22. The molecule has 0 radical (unpaired) electrons. The predicted octanol–water partition coefficient (Wildman–Crippen LogP) is 2.53. The Bertz CT molecular complexity index is 385. The van der Waals surface area contributed by atoms with Crippen molar-refractivity contribution >= 4 is 6.21 Å². The average molecular weight is 200 g/mol. The second kappa shape index (κ2) is 3.09. The molecule has 1 fully saturated rings. The van der Waals surface area contributed by atoms with Crippen molar-refractivity contribution in [2.75, 3.05) is 0 Å². The molecule has 0 amide bonds. The molecule has 15 heavy (non-hydrogen) atoms. The summed E-state index contributed by atoms with van der Waals surface area (Å²) in [6.45, 7) is 2.29. The van der Waals surface area contributed by atoms with E-state index in [0.717, 1.165) is 0 Å². The maximum absolute atomic E-state index is 4.19. The molecule has 1 heterocycles. The molecule has 1 aliphatic carbocycles. The van der Waals surface area contributed by atoms with Gasteiger partial charge >= 0.3 is 0 Å². The number of hydrogen-bond acceptors (Lipinski definition) is 2. The quantitative estimate of drug-likeness (QED) is 0.740. The zero-order valence-corrected chi connectivity index (χ0v) is 8.98. The van der Waals surface area contributed by atoms with Crippen LogP contribution in [0, 0.1) is 5.92 Å². The fourth-order valence-corrected chi connectivity index (χ4v) is 2.92. The normalized spacial score (nSPS) is 37.7. The SMILES string of the molecule is C[C@@]12C[C@H](c3ccccc3)C[C@@H]1C=NN2. The molecule has 0 unspecified atom stereocenters. The van der Waals surface area contributed by atoms with E-state index in [1.54, 1.807) is 0 Å². The van der Waals surface area contributed by atoms with Gasteiger partial charge in [0.2, 0.25) is 0 Å². The minimum atomic E-state index is 0.209.